The summed E-state index contributed by atoms with van der Waals surface area (Å²) in [4.78, 5) is 17.2. The van der Waals surface area contributed by atoms with Gasteiger partial charge in [0.1, 0.15) is 12.4 Å². The SMILES string of the molecule is O=C(N/N=C\c1ccc(OCc2ccc(Br)cc2)cc1)c1ccc(-c2csc(Nc3ccccc3)n2)cc1. The molecule has 38 heavy (non-hydrogen) atoms. The summed E-state index contributed by atoms with van der Waals surface area (Å²) in [6, 6.07) is 32.7. The second-order valence-corrected chi connectivity index (χ2v) is 10.1. The quantitative estimate of drug-likeness (QED) is 0.138. The number of nitrogens with one attached hydrogen (secondary N) is 2. The Morgan fingerprint density at radius 3 is 2.39 bits per heavy atom. The molecule has 5 aromatic rings. The van der Waals surface area contributed by atoms with Crippen LogP contribution in [0.4, 0.5) is 10.8 Å². The van der Waals surface area contributed by atoms with Crippen molar-refractivity contribution < 1.29 is 9.53 Å². The van der Waals surface area contributed by atoms with Crippen molar-refractivity contribution in [2.75, 3.05) is 5.32 Å². The Morgan fingerprint density at radius 2 is 1.66 bits per heavy atom. The van der Waals surface area contributed by atoms with Gasteiger partial charge < -0.3 is 10.1 Å². The molecule has 1 amide bonds. The number of hydrogen-bond acceptors (Lipinski definition) is 6. The first-order valence-corrected chi connectivity index (χ1v) is 13.5. The lowest BCUT2D eigenvalue weighted by Gasteiger charge is -2.06. The molecule has 0 atom stereocenters. The maximum Gasteiger partial charge on any atom is 0.271 e. The van der Waals surface area contributed by atoms with Crippen LogP contribution in [-0.2, 0) is 6.61 Å². The van der Waals surface area contributed by atoms with Gasteiger partial charge in [-0.15, -0.1) is 11.3 Å². The van der Waals surface area contributed by atoms with E-state index in [2.05, 4.69) is 36.8 Å². The fourth-order valence-electron chi connectivity index (χ4n) is 3.53. The van der Waals surface area contributed by atoms with Crippen LogP contribution < -0.4 is 15.5 Å². The van der Waals surface area contributed by atoms with Gasteiger partial charge in [-0.3, -0.25) is 4.79 Å². The highest BCUT2D eigenvalue weighted by atomic mass is 79.9. The summed E-state index contributed by atoms with van der Waals surface area (Å²) in [5.41, 5.74) is 7.80. The van der Waals surface area contributed by atoms with Crippen molar-refractivity contribution in [2.45, 2.75) is 6.61 Å². The first kappa shape index (κ1) is 25.4. The van der Waals surface area contributed by atoms with E-state index in [-0.39, 0.29) is 5.91 Å². The number of amides is 1. The molecule has 0 saturated carbocycles. The predicted molar refractivity (Wildman–Crippen MR) is 157 cm³/mol. The van der Waals surface area contributed by atoms with Crippen LogP contribution in [0.25, 0.3) is 11.3 Å². The average molecular weight is 584 g/mol. The fraction of sp³-hybridized carbons (Fsp3) is 0.0333. The minimum absolute atomic E-state index is 0.285. The average Bonchev–Trinajstić information content (AvgIpc) is 3.42. The van der Waals surface area contributed by atoms with E-state index in [9.17, 15) is 4.79 Å². The van der Waals surface area contributed by atoms with Crippen LogP contribution in [0.15, 0.2) is 118 Å². The molecule has 0 unspecified atom stereocenters. The maximum absolute atomic E-state index is 12.5. The van der Waals surface area contributed by atoms with Gasteiger partial charge in [-0.2, -0.15) is 5.10 Å². The van der Waals surface area contributed by atoms with E-state index in [0.717, 1.165) is 43.4 Å². The van der Waals surface area contributed by atoms with Gasteiger partial charge in [-0.25, -0.2) is 10.4 Å². The van der Waals surface area contributed by atoms with Gasteiger partial charge in [0.2, 0.25) is 0 Å². The van der Waals surface area contributed by atoms with Gasteiger partial charge in [0.15, 0.2) is 5.13 Å². The molecule has 0 aliphatic carbocycles. The first-order valence-electron chi connectivity index (χ1n) is 11.8. The highest BCUT2D eigenvalue weighted by Gasteiger charge is 2.08. The Morgan fingerprint density at radius 1 is 0.921 bits per heavy atom. The monoisotopic (exact) mass is 582 g/mol. The molecule has 0 radical (unpaired) electrons. The summed E-state index contributed by atoms with van der Waals surface area (Å²) < 4.78 is 6.86. The third kappa shape index (κ3) is 6.94. The van der Waals surface area contributed by atoms with Crippen LogP contribution in [-0.4, -0.2) is 17.1 Å². The number of halogens is 1. The molecule has 6 nitrogen and oxygen atoms in total. The third-order valence-corrected chi connectivity index (χ3v) is 6.84. The summed E-state index contributed by atoms with van der Waals surface area (Å²) in [6.45, 7) is 0.490. The number of para-hydroxylation sites is 1. The van der Waals surface area contributed by atoms with Crippen molar-refractivity contribution >= 4 is 50.2 Å². The van der Waals surface area contributed by atoms with E-state index in [1.54, 1.807) is 18.3 Å². The number of carbonyl (C=O) groups is 1. The minimum Gasteiger partial charge on any atom is -0.489 e. The summed E-state index contributed by atoms with van der Waals surface area (Å²) in [6.07, 6.45) is 1.60. The molecule has 0 spiro atoms. The molecule has 1 aromatic heterocycles. The second-order valence-electron chi connectivity index (χ2n) is 8.29. The standard InChI is InChI=1S/C30H23BrN4O2S/c31-25-14-6-22(7-15-25)19-37-27-16-8-21(9-17-27)18-32-35-29(36)24-12-10-23(11-13-24)28-20-38-30(34-28)33-26-4-2-1-3-5-26/h1-18,20H,19H2,(H,33,34)(H,35,36)/b32-18-. The topological polar surface area (TPSA) is 75.6 Å². The lowest BCUT2D eigenvalue weighted by Crippen LogP contribution is -2.17. The minimum atomic E-state index is -0.285. The predicted octanol–water partition coefficient (Wildman–Crippen LogP) is 7.66. The number of anilines is 2. The van der Waals surface area contributed by atoms with Crippen molar-refractivity contribution in [1.82, 2.24) is 10.4 Å². The molecule has 5 rings (SSSR count). The maximum atomic E-state index is 12.5. The summed E-state index contributed by atoms with van der Waals surface area (Å²) in [5, 5.41) is 10.2. The van der Waals surface area contributed by atoms with E-state index >= 15 is 0 Å². The largest absolute Gasteiger partial charge is 0.489 e. The number of nitrogens with zero attached hydrogens (tertiary/aromatic N) is 2. The molecular formula is C30H23BrN4O2S. The number of benzene rings is 4. The molecule has 0 fully saturated rings. The molecule has 4 aromatic carbocycles. The molecule has 0 aliphatic heterocycles. The summed E-state index contributed by atoms with van der Waals surface area (Å²) >= 11 is 4.96. The smallest absolute Gasteiger partial charge is 0.271 e. The number of aromatic nitrogens is 1. The molecule has 0 saturated heterocycles. The number of rotatable bonds is 9. The zero-order valence-electron chi connectivity index (χ0n) is 20.2. The Labute approximate surface area is 233 Å². The normalized spacial score (nSPS) is 10.9. The highest BCUT2D eigenvalue weighted by Crippen LogP contribution is 2.27. The van der Waals surface area contributed by atoms with Gasteiger partial charge >= 0.3 is 0 Å². The Balaban J connectivity index is 1.11. The van der Waals surface area contributed by atoms with Crippen LogP contribution in [0.5, 0.6) is 5.75 Å². The zero-order chi connectivity index (χ0) is 26.2. The van der Waals surface area contributed by atoms with Crippen LogP contribution in [0, 0.1) is 0 Å². The molecule has 8 heteroatoms. The van der Waals surface area contributed by atoms with E-state index in [1.165, 1.54) is 11.3 Å². The lowest BCUT2D eigenvalue weighted by molar-refractivity contribution is 0.0955. The van der Waals surface area contributed by atoms with E-state index in [1.807, 2.05) is 96.4 Å². The Kier molecular flexibility index (Phi) is 8.23. The summed E-state index contributed by atoms with van der Waals surface area (Å²) in [5.74, 6) is 0.476. The van der Waals surface area contributed by atoms with Crippen molar-refractivity contribution in [3.05, 3.63) is 130 Å². The molecule has 1 heterocycles. The number of thiazole rings is 1. The van der Waals surface area contributed by atoms with Crippen molar-refractivity contribution in [3.63, 3.8) is 0 Å². The zero-order valence-corrected chi connectivity index (χ0v) is 22.6. The lowest BCUT2D eigenvalue weighted by atomic mass is 10.1. The number of hydrogen-bond donors (Lipinski definition) is 2. The first-order chi connectivity index (χ1) is 18.6. The number of ether oxygens (including phenoxy) is 1. The van der Waals surface area contributed by atoms with Crippen molar-refractivity contribution in [2.24, 2.45) is 5.10 Å². The van der Waals surface area contributed by atoms with Crippen LogP contribution >= 0.6 is 27.3 Å². The Bertz CT molecular complexity index is 1520. The van der Waals surface area contributed by atoms with Gasteiger partial charge in [0.05, 0.1) is 11.9 Å². The second kappa shape index (κ2) is 12.3. The summed E-state index contributed by atoms with van der Waals surface area (Å²) in [7, 11) is 0. The Hall–Kier alpha value is -4.27. The van der Waals surface area contributed by atoms with Gasteiger partial charge in [0.25, 0.3) is 5.91 Å². The van der Waals surface area contributed by atoms with E-state index in [0.29, 0.717) is 12.2 Å². The van der Waals surface area contributed by atoms with Crippen molar-refractivity contribution in [3.8, 4) is 17.0 Å². The fourth-order valence-corrected chi connectivity index (χ4v) is 4.53. The van der Waals surface area contributed by atoms with Gasteiger partial charge in [0, 0.05) is 26.7 Å². The molecule has 0 bridgehead atoms. The molecule has 188 valence electrons. The molecule has 0 aliphatic rings. The van der Waals surface area contributed by atoms with Gasteiger partial charge in [-0.1, -0.05) is 58.4 Å². The number of hydrazone groups is 1. The molecular weight excluding hydrogens is 560 g/mol. The number of carbonyl (C=O) groups excluding carboxylic acids is 1. The van der Waals surface area contributed by atoms with Gasteiger partial charge in [-0.05, 0) is 71.8 Å². The van der Waals surface area contributed by atoms with Crippen LogP contribution in [0.2, 0.25) is 0 Å². The molecule has 2 N–H and O–H groups in total. The van der Waals surface area contributed by atoms with E-state index in [4.69, 9.17) is 4.74 Å². The van der Waals surface area contributed by atoms with Crippen molar-refractivity contribution in [1.29, 1.82) is 0 Å². The van der Waals surface area contributed by atoms with E-state index < -0.39 is 0 Å². The van der Waals surface area contributed by atoms with Crippen LogP contribution in [0.1, 0.15) is 21.5 Å². The highest BCUT2D eigenvalue weighted by molar-refractivity contribution is 9.10. The third-order valence-electron chi connectivity index (χ3n) is 5.55. The van der Waals surface area contributed by atoms with Crippen LogP contribution in [0.3, 0.4) is 0 Å².